The van der Waals surface area contributed by atoms with E-state index < -0.39 is 84.4 Å². The smallest absolute Gasteiger partial charge is 0.290 e. The minimum atomic E-state index is -4.05. The number of nitrogens with zero attached hydrogens (tertiary/aromatic N) is 4. The van der Waals surface area contributed by atoms with Crippen molar-refractivity contribution in [3.8, 4) is 28.3 Å². The van der Waals surface area contributed by atoms with Gasteiger partial charge < -0.3 is 10.1 Å². The number of nitrogens with one attached hydrogen (secondary N) is 1. The number of Topliss-reactive ketones (excluding diaryl/α,β-unsaturated/α-hetero) is 1. The summed E-state index contributed by atoms with van der Waals surface area (Å²) in [4.78, 5) is 35.5. The zero-order chi connectivity index (χ0) is 38.5. The number of rotatable bonds is 11. The molecule has 0 unspecified atom stereocenters. The summed E-state index contributed by atoms with van der Waals surface area (Å²) in [5.74, 6) is -11.9. The maximum atomic E-state index is 15.2. The molecule has 280 valence electrons. The number of halogens is 8. The standard InChI is InChI=1S/C38H29F8N5O3/c1-54-30-15-21(6-9-47-30)29-5-4-27(20-2-3-22-17-48-36(53)28(22)14-20)32(49-29)23(10-19-11-24(39)16-25(40)12-19)13-26(52)18-51-34-31(33(50-51)35(41)42)37(43,44)7-8-38(34,45)46/h2-6,9,11-12,14-16,23,35H,7-8,10,13,17-18H2,1H3,(H,48,53)/t23-/m1/s1. The van der Waals surface area contributed by atoms with E-state index in [1.54, 1.807) is 42.5 Å². The van der Waals surface area contributed by atoms with Crippen LogP contribution in [0.3, 0.4) is 0 Å². The van der Waals surface area contributed by atoms with Crippen molar-refractivity contribution >= 4 is 11.7 Å². The first-order valence-corrected chi connectivity index (χ1v) is 16.7. The van der Waals surface area contributed by atoms with Crippen LogP contribution in [0.1, 0.15) is 75.7 Å². The van der Waals surface area contributed by atoms with E-state index in [9.17, 15) is 35.9 Å². The monoisotopic (exact) mass is 755 g/mol. The number of benzene rings is 2. The van der Waals surface area contributed by atoms with Gasteiger partial charge in [-0.15, -0.1) is 0 Å². The molecule has 1 atom stereocenters. The molecule has 0 fully saturated rings. The van der Waals surface area contributed by atoms with Gasteiger partial charge >= 0.3 is 0 Å². The Bertz CT molecular complexity index is 2270. The highest BCUT2D eigenvalue weighted by Gasteiger charge is 2.55. The molecule has 7 rings (SSSR count). The fourth-order valence-corrected chi connectivity index (χ4v) is 7.07. The third kappa shape index (κ3) is 7.03. The minimum Gasteiger partial charge on any atom is -0.481 e. The average molecular weight is 756 g/mol. The van der Waals surface area contributed by atoms with E-state index in [1.807, 2.05) is 0 Å². The number of pyridine rings is 2. The Morgan fingerprint density at radius 2 is 1.65 bits per heavy atom. The normalized spacial score (nSPS) is 16.1. The Balaban J connectivity index is 1.36. The van der Waals surface area contributed by atoms with Crippen molar-refractivity contribution < 1.29 is 49.4 Å². The molecule has 0 saturated carbocycles. The van der Waals surface area contributed by atoms with Crippen LogP contribution >= 0.6 is 0 Å². The Kier molecular flexibility index (Phi) is 9.48. The molecule has 3 aromatic heterocycles. The highest BCUT2D eigenvalue weighted by molar-refractivity contribution is 5.99. The van der Waals surface area contributed by atoms with Crippen LogP contribution in [-0.4, -0.2) is 38.5 Å². The quantitative estimate of drug-likeness (QED) is 0.136. The fourth-order valence-electron chi connectivity index (χ4n) is 7.07. The highest BCUT2D eigenvalue weighted by atomic mass is 19.3. The molecule has 5 aromatic rings. The molecule has 16 heteroatoms. The van der Waals surface area contributed by atoms with Crippen LogP contribution in [0.2, 0.25) is 0 Å². The number of alkyl halides is 6. The van der Waals surface area contributed by atoms with E-state index in [-0.39, 0.29) is 34.1 Å². The van der Waals surface area contributed by atoms with Gasteiger partial charge in [0.15, 0.2) is 5.78 Å². The van der Waals surface area contributed by atoms with E-state index in [0.29, 0.717) is 40.6 Å². The van der Waals surface area contributed by atoms with Gasteiger partial charge in [0.05, 0.1) is 24.1 Å². The lowest BCUT2D eigenvalue weighted by molar-refractivity contribution is -0.121. The maximum Gasteiger partial charge on any atom is 0.290 e. The van der Waals surface area contributed by atoms with Gasteiger partial charge in [-0.05, 0) is 53.4 Å². The minimum absolute atomic E-state index is 0.0880. The summed E-state index contributed by atoms with van der Waals surface area (Å²) in [6.07, 6.45) is -5.76. The zero-order valence-electron chi connectivity index (χ0n) is 28.3. The molecule has 1 amide bonds. The van der Waals surface area contributed by atoms with E-state index >= 15 is 8.78 Å². The van der Waals surface area contributed by atoms with Crippen LogP contribution in [0.25, 0.3) is 22.4 Å². The number of carbonyl (C=O) groups is 2. The van der Waals surface area contributed by atoms with Crippen molar-refractivity contribution in [3.05, 3.63) is 118 Å². The summed E-state index contributed by atoms with van der Waals surface area (Å²) in [6, 6.07) is 14.4. The van der Waals surface area contributed by atoms with Gasteiger partial charge in [0.25, 0.3) is 24.2 Å². The number of fused-ring (bicyclic) bond motifs is 2. The van der Waals surface area contributed by atoms with Gasteiger partial charge in [0.1, 0.15) is 29.6 Å². The van der Waals surface area contributed by atoms with Crippen molar-refractivity contribution in [1.82, 2.24) is 25.1 Å². The number of hydrogen-bond donors (Lipinski definition) is 1. The van der Waals surface area contributed by atoms with Gasteiger partial charge in [0.2, 0.25) is 5.88 Å². The van der Waals surface area contributed by atoms with Gasteiger partial charge in [-0.25, -0.2) is 31.3 Å². The molecule has 0 saturated heterocycles. The van der Waals surface area contributed by atoms with Crippen molar-refractivity contribution in [2.45, 2.75) is 63.0 Å². The summed E-state index contributed by atoms with van der Waals surface area (Å²) in [5.41, 5.74) is -1.45. The molecule has 2 aromatic carbocycles. The SMILES string of the molecule is COc1cc(-c2ccc(-c3ccc4c(c3)C(=O)NC4)c([C@@H](CC(=O)Cn3nc(C(F)F)c4c3C(F)(F)CCC4(F)F)Cc3cc(F)cc(F)c3)n2)ccn1. The van der Waals surface area contributed by atoms with Crippen molar-refractivity contribution in [2.75, 3.05) is 7.11 Å². The van der Waals surface area contributed by atoms with Gasteiger partial charge in [-0.2, -0.15) is 13.9 Å². The molecule has 0 spiro atoms. The van der Waals surface area contributed by atoms with E-state index in [1.165, 1.54) is 13.3 Å². The average Bonchev–Trinajstić information content (AvgIpc) is 3.71. The zero-order valence-corrected chi connectivity index (χ0v) is 28.3. The van der Waals surface area contributed by atoms with Crippen LogP contribution in [0.15, 0.2) is 66.9 Å². The molecule has 4 heterocycles. The first-order valence-electron chi connectivity index (χ1n) is 16.7. The van der Waals surface area contributed by atoms with Gasteiger partial charge in [0, 0.05) is 66.7 Å². The summed E-state index contributed by atoms with van der Waals surface area (Å²) < 4.78 is 122. The Morgan fingerprint density at radius 1 is 0.907 bits per heavy atom. The van der Waals surface area contributed by atoms with Crippen LogP contribution < -0.4 is 10.1 Å². The summed E-state index contributed by atoms with van der Waals surface area (Å²) in [6.45, 7) is -0.787. The van der Waals surface area contributed by atoms with Gasteiger partial charge in [-0.3, -0.25) is 19.3 Å². The third-order valence-corrected chi connectivity index (χ3v) is 9.51. The lowest BCUT2D eigenvalue weighted by Gasteiger charge is -2.29. The second kappa shape index (κ2) is 14.0. The summed E-state index contributed by atoms with van der Waals surface area (Å²) in [5, 5.41) is 6.13. The van der Waals surface area contributed by atoms with E-state index in [2.05, 4.69) is 15.4 Å². The Labute approximate surface area is 302 Å². The molecule has 0 bridgehead atoms. The van der Waals surface area contributed by atoms with Crippen molar-refractivity contribution in [1.29, 1.82) is 0 Å². The predicted molar refractivity (Wildman–Crippen MR) is 177 cm³/mol. The predicted octanol–water partition coefficient (Wildman–Crippen LogP) is 8.44. The van der Waals surface area contributed by atoms with Crippen molar-refractivity contribution in [2.24, 2.45) is 0 Å². The van der Waals surface area contributed by atoms with Crippen LogP contribution in [0, 0.1) is 11.6 Å². The molecule has 1 N–H and O–H groups in total. The number of ether oxygens (including phenoxy) is 1. The lowest BCUT2D eigenvalue weighted by Crippen LogP contribution is -2.33. The van der Waals surface area contributed by atoms with Crippen LogP contribution in [0.4, 0.5) is 35.1 Å². The molecule has 2 aliphatic rings. The topological polar surface area (TPSA) is 99.0 Å². The first-order chi connectivity index (χ1) is 25.6. The summed E-state index contributed by atoms with van der Waals surface area (Å²) >= 11 is 0. The Hall–Kier alpha value is -5.67. The molecule has 8 nitrogen and oxygen atoms in total. The molecular weight excluding hydrogens is 726 g/mol. The Morgan fingerprint density at radius 3 is 2.37 bits per heavy atom. The summed E-state index contributed by atoms with van der Waals surface area (Å²) in [7, 11) is 1.41. The number of ketones is 1. The molecule has 54 heavy (non-hydrogen) atoms. The van der Waals surface area contributed by atoms with E-state index in [4.69, 9.17) is 9.72 Å². The molecule has 0 radical (unpaired) electrons. The third-order valence-electron chi connectivity index (χ3n) is 9.51. The highest BCUT2D eigenvalue weighted by Crippen LogP contribution is 2.52. The molecule has 1 aliphatic heterocycles. The number of aromatic nitrogens is 4. The lowest BCUT2D eigenvalue weighted by atomic mass is 9.85. The molecular formula is C38H29F8N5O3. The number of methoxy groups -OCH3 is 1. The van der Waals surface area contributed by atoms with Crippen LogP contribution in [-0.2, 0) is 36.1 Å². The number of hydrogen-bond acceptors (Lipinski definition) is 6. The second-order valence-corrected chi connectivity index (χ2v) is 13.2. The fraction of sp³-hybridized carbons (Fsp3) is 0.289. The van der Waals surface area contributed by atoms with E-state index in [0.717, 1.165) is 17.7 Å². The van der Waals surface area contributed by atoms with Crippen molar-refractivity contribution in [3.63, 3.8) is 0 Å². The van der Waals surface area contributed by atoms with Gasteiger partial charge in [-0.1, -0.05) is 18.2 Å². The number of carbonyl (C=O) groups excluding carboxylic acids is 2. The first kappa shape index (κ1) is 36.7. The number of amides is 1. The largest absolute Gasteiger partial charge is 0.481 e. The second-order valence-electron chi connectivity index (χ2n) is 13.2. The maximum absolute atomic E-state index is 15.2. The van der Waals surface area contributed by atoms with Crippen LogP contribution in [0.5, 0.6) is 5.88 Å². The molecule has 1 aliphatic carbocycles.